The first kappa shape index (κ1) is 8.97. The molecule has 14 heavy (non-hydrogen) atoms. The summed E-state index contributed by atoms with van der Waals surface area (Å²) < 4.78 is 0. The Bertz CT molecular complexity index is 459. The van der Waals surface area contributed by atoms with Crippen molar-refractivity contribution >= 4 is 16.7 Å². The molecule has 0 spiro atoms. The number of hydrogen-bond donors (Lipinski definition) is 2. The molecule has 1 heterocycles. The number of rotatable bonds is 3. The normalized spacial score (nSPS) is 10.6. The molecular weight excluding hydrogens is 176 g/mol. The van der Waals surface area contributed by atoms with Gasteiger partial charge in [0.25, 0.3) is 0 Å². The Morgan fingerprint density at radius 2 is 2.21 bits per heavy atom. The Hall–Kier alpha value is -1.61. The number of carbonyl (C=O) groups is 1. The van der Waals surface area contributed by atoms with Crippen LogP contribution in [0.1, 0.15) is 16.8 Å². The Balaban J connectivity index is 2.38. The van der Waals surface area contributed by atoms with E-state index >= 15 is 0 Å². The largest absolute Gasteiger partial charge is 0.361 e. The summed E-state index contributed by atoms with van der Waals surface area (Å²) in [5.41, 5.74) is 7.05. The van der Waals surface area contributed by atoms with Gasteiger partial charge >= 0.3 is 0 Å². The number of nitrogens with two attached hydrogens (primary N) is 1. The van der Waals surface area contributed by atoms with E-state index in [4.69, 9.17) is 5.73 Å². The van der Waals surface area contributed by atoms with Gasteiger partial charge in [0, 0.05) is 23.7 Å². The quantitative estimate of drug-likeness (QED) is 0.720. The fourth-order valence-electron chi connectivity index (χ4n) is 1.50. The van der Waals surface area contributed by atoms with Gasteiger partial charge < -0.3 is 10.7 Å². The van der Waals surface area contributed by atoms with Crippen LogP contribution in [0, 0.1) is 0 Å². The van der Waals surface area contributed by atoms with Crippen LogP contribution in [-0.2, 0) is 0 Å². The third-order valence-corrected chi connectivity index (χ3v) is 2.25. The van der Waals surface area contributed by atoms with Crippen LogP contribution < -0.4 is 5.73 Å². The Morgan fingerprint density at radius 1 is 1.36 bits per heavy atom. The molecule has 0 fully saturated rings. The number of H-pyrrole nitrogens is 1. The number of Topliss-reactive ketones (excluding diaryl/α,β-unsaturated/α-hetero) is 1. The van der Waals surface area contributed by atoms with Crippen LogP contribution in [0.5, 0.6) is 0 Å². The maximum absolute atomic E-state index is 11.5. The molecule has 0 amide bonds. The number of hydrogen-bond acceptors (Lipinski definition) is 2. The molecule has 0 aliphatic carbocycles. The monoisotopic (exact) mass is 188 g/mol. The van der Waals surface area contributed by atoms with Crippen molar-refractivity contribution in [3.8, 4) is 0 Å². The van der Waals surface area contributed by atoms with E-state index in [9.17, 15) is 4.79 Å². The van der Waals surface area contributed by atoms with Gasteiger partial charge in [-0.25, -0.2) is 0 Å². The predicted octanol–water partition coefficient (Wildman–Crippen LogP) is 1.70. The first-order valence-corrected chi connectivity index (χ1v) is 4.61. The number of ketones is 1. The van der Waals surface area contributed by atoms with Crippen LogP contribution in [0.15, 0.2) is 30.5 Å². The van der Waals surface area contributed by atoms with Gasteiger partial charge in [0.15, 0.2) is 5.78 Å². The average molecular weight is 188 g/mol. The molecule has 2 rings (SSSR count). The van der Waals surface area contributed by atoms with E-state index in [0.717, 1.165) is 16.5 Å². The smallest absolute Gasteiger partial charge is 0.164 e. The van der Waals surface area contributed by atoms with E-state index in [2.05, 4.69) is 4.98 Å². The molecule has 0 saturated carbocycles. The Morgan fingerprint density at radius 3 is 3.00 bits per heavy atom. The summed E-state index contributed by atoms with van der Waals surface area (Å²) in [5, 5.41) is 1.12. The summed E-state index contributed by atoms with van der Waals surface area (Å²) in [5.74, 6) is 0.101. The van der Waals surface area contributed by atoms with Crippen LogP contribution >= 0.6 is 0 Å². The lowest BCUT2D eigenvalue weighted by Crippen LogP contribution is -2.07. The molecule has 72 valence electrons. The third-order valence-electron chi connectivity index (χ3n) is 2.25. The minimum atomic E-state index is 0.101. The van der Waals surface area contributed by atoms with Crippen LogP contribution in [0.3, 0.4) is 0 Å². The van der Waals surface area contributed by atoms with Crippen LogP contribution in [0.4, 0.5) is 0 Å². The van der Waals surface area contributed by atoms with Gasteiger partial charge in [0.05, 0.1) is 0 Å². The number of aromatic amines is 1. The van der Waals surface area contributed by atoms with Crippen molar-refractivity contribution in [3.63, 3.8) is 0 Å². The van der Waals surface area contributed by atoms with E-state index in [1.165, 1.54) is 0 Å². The second kappa shape index (κ2) is 3.64. The van der Waals surface area contributed by atoms with Crippen molar-refractivity contribution in [2.45, 2.75) is 6.42 Å². The molecule has 0 unspecified atom stereocenters. The molecule has 0 saturated heterocycles. The first-order valence-electron chi connectivity index (χ1n) is 4.61. The van der Waals surface area contributed by atoms with Crippen molar-refractivity contribution in [1.29, 1.82) is 0 Å². The zero-order chi connectivity index (χ0) is 9.97. The summed E-state index contributed by atoms with van der Waals surface area (Å²) in [6.07, 6.45) is 2.27. The molecular formula is C11H12N2O. The highest BCUT2D eigenvalue weighted by atomic mass is 16.1. The molecule has 1 aromatic carbocycles. The minimum absolute atomic E-state index is 0.101. The molecule has 2 aromatic rings. The van der Waals surface area contributed by atoms with Crippen LogP contribution in [0.25, 0.3) is 10.9 Å². The molecule has 0 radical (unpaired) electrons. The summed E-state index contributed by atoms with van der Waals surface area (Å²) in [7, 11) is 0. The van der Waals surface area contributed by atoms with Crippen molar-refractivity contribution in [2.24, 2.45) is 5.73 Å². The highest BCUT2D eigenvalue weighted by Crippen LogP contribution is 2.14. The summed E-state index contributed by atoms with van der Waals surface area (Å²) >= 11 is 0. The van der Waals surface area contributed by atoms with E-state index in [0.29, 0.717) is 13.0 Å². The lowest BCUT2D eigenvalue weighted by molar-refractivity contribution is 0.0985. The molecule has 0 atom stereocenters. The van der Waals surface area contributed by atoms with Crippen LogP contribution in [0.2, 0.25) is 0 Å². The van der Waals surface area contributed by atoms with Gasteiger partial charge in [0.2, 0.25) is 0 Å². The summed E-state index contributed by atoms with van der Waals surface area (Å²) in [4.78, 5) is 14.6. The Kier molecular flexibility index (Phi) is 2.33. The molecule has 0 aliphatic heterocycles. The second-order valence-electron chi connectivity index (χ2n) is 3.24. The molecule has 0 bridgehead atoms. The van der Waals surface area contributed by atoms with Gasteiger partial charge in [-0.3, -0.25) is 4.79 Å². The highest BCUT2D eigenvalue weighted by molar-refractivity contribution is 5.99. The Labute approximate surface area is 81.9 Å². The minimum Gasteiger partial charge on any atom is -0.361 e. The number of benzene rings is 1. The van der Waals surface area contributed by atoms with Gasteiger partial charge in [-0.1, -0.05) is 12.1 Å². The van der Waals surface area contributed by atoms with Crippen molar-refractivity contribution in [2.75, 3.05) is 6.54 Å². The summed E-state index contributed by atoms with van der Waals surface area (Å²) in [6.45, 7) is 0.404. The maximum atomic E-state index is 11.5. The summed E-state index contributed by atoms with van der Waals surface area (Å²) in [6, 6.07) is 7.63. The predicted molar refractivity (Wildman–Crippen MR) is 56.3 cm³/mol. The van der Waals surface area contributed by atoms with Gasteiger partial charge in [0.1, 0.15) is 0 Å². The third kappa shape index (κ3) is 1.54. The average Bonchev–Trinajstić information content (AvgIpc) is 2.64. The first-order chi connectivity index (χ1) is 6.81. The number of nitrogens with one attached hydrogen (secondary N) is 1. The zero-order valence-electron chi connectivity index (χ0n) is 7.79. The van der Waals surface area contributed by atoms with Crippen LogP contribution in [-0.4, -0.2) is 17.3 Å². The number of fused-ring (bicyclic) bond motifs is 1. The lowest BCUT2D eigenvalue weighted by Gasteiger charge is -1.98. The topological polar surface area (TPSA) is 58.9 Å². The standard InChI is InChI=1S/C11H12N2O/c12-5-3-11(14)9-2-1-8-4-6-13-10(8)7-9/h1-2,4,6-7,13H,3,5,12H2. The van der Waals surface area contributed by atoms with Crippen molar-refractivity contribution in [3.05, 3.63) is 36.0 Å². The van der Waals surface area contributed by atoms with Crippen molar-refractivity contribution < 1.29 is 4.79 Å². The number of carbonyl (C=O) groups excluding carboxylic acids is 1. The molecule has 3 nitrogen and oxygen atoms in total. The fourth-order valence-corrected chi connectivity index (χ4v) is 1.50. The van der Waals surface area contributed by atoms with Crippen molar-refractivity contribution in [1.82, 2.24) is 4.98 Å². The van der Waals surface area contributed by atoms with E-state index in [-0.39, 0.29) is 5.78 Å². The van der Waals surface area contributed by atoms with Gasteiger partial charge in [-0.15, -0.1) is 0 Å². The second-order valence-corrected chi connectivity index (χ2v) is 3.24. The SMILES string of the molecule is NCCC(=O)c1ccc2cc[nH]c2c1. The molecule has 1 aromatic heterocycles. The zero-order valence-corrected chi connectivity index (χ0v) is 7.79. The van der Waals surface area contributed by atoms with E-state index < -0.39 is 0 Å². The van der Waals surface area contributed by atoms with Gasteiger partial charge in [-0.05, 0) is 24.1 Å². The number of aromatic nitrogens is 1. The molecule has 3 N–H and O–H groups in total. The fraction of sp³-hybridized carbons (Fsp3) is 0.182. The molecule has 0 aliphatic rings. The lowest BCUT2D eigenvalue weighted by atomic mass is 10.1. The van der Waals surface area contributed by atoms with E-state index in [1.54, 1.807) is 0 Å². The maximum Gasteiger partial charge on any atom is 0.164 e. The molecule has 3 heteroatoms. The van der Waals surface area contributed by atoms with E-state index in [1.807, 2.05) is 30.5 Å². The highest BCUT2D eigenvalue weighted by Gasteiger charge is 2.05. The van der Waals surface area contributed by atoms with Gasteiger partial charge in [-0.2, -0.15) is 0 Å².